The van der Waals surface area contributed by atoms with Crippen LogP contribution in [0.15, 0.2) is 42.5 Å². The van der Waals surface area contributed by atoms with E-state index in [1.165, 1.54) is 102 Å². The van der Waals surface area contributed by atoms with Gasteiger partial charge in [0.1, 0.15) is 11.5 Å². The Morgan fingerprint density at radius 2 is 1.32 bits per heavy atom. The summed E-state index contributed by atoms with van der Waals surface area (Å²) in [5.41, 5.74) is 0.155. The summed E-state index contributed by atoms with van der Waals surface area (Å²) in [4.78, 5) is 12.6. The summed E-state index contributed by atoms with van der Waals surface area (Å²) in [6, 6.07) is 11.3. The standard InChI is InChI=1S/C36H53FO4/c1-3-5-6-7-8-9-10-11-14-26-40-35-25-20-31(28-34(35)37)36(38)41-33-23-21-32(22-24-33)39-27-15-19-30-18-13-12-17-29(30)16-4-2/h20-25,28-30H,3-19,26-27H2,1-2H3. The van der Waals surface area contributed by atoms with Crippen LogP contribution < -0.4 is 14.2 Å². The molecule has 0 aromatic heterocycles. The van der Waals surface area contributed by atoms with E-state index in [4.69, 9.17) is 14.2 Å². The highest BCUT2D eigenvalue weighted by molar-refractivity contribution is 5.91. The van der Waals surface area contributed by atoms with Gasteiger partial charge in [-0.1, -0.05) is 104 Å². The first kappa shape index (κ1) is 32.9. The molecule has 1 saturated carbocycles. The smallest absolute Gasteiger partial charge is 0.343 e. The van der Waals surface area contributed by atoms with E-state index < -0.39 is 11.8 Å². The van der Waals surface area contributed by atoms with Crippen LogP contribution in [0.5, 0.6) is 17.2 Å². The van der Waals surface area contributed by atoms with E-state index in [2.05, 4.69) is 13.8 Å². The molecular formula is C36H53FO4. The van der Waals surface area contributed by atoms with E-state index in [0.29, 0.717) is 19.0 Å². The predicted octanol–water partition coefficient (Wildman–Crippen LogP) is 10.7. The van der Waals surface area contributed by atoms with Crippen LogP contribution in [0.4, 0.5) is 4.39 Å². The molecule has 0 heterocycles. The molecule has 2 aromatic rings. The van der Waals surface area contributed by atoms with Gasteiger partial charge in [0.25, 0.3) is 0 Å². The Morgan fingerprint density at radius 3 is 1.98 bits per heavy atom. The number of ether oxygens (including phenoxy) is 3. The number of halogens is 1. The van der Waals surface area contributed by atoms with Crippen molar-refractivity contribution in [1.29, 1.82) is 0 Å². The minimum Gasteiger partial charge on any atom is -0.494 e. The van der Waals surface area contributed by atoms with Crippen LogP contribution in [0.3, 0.4) is 0 Å². The lowest BCUT2D eigenvalue weighted by atomic mass is 9.75. The molecule has 228 valence electrons. The topological polar surface area (TPSA) is 44.8 Å². The largest absolute Gasteiger partial charge is 0.494 e. The van der Waals surface area contributed by atoms with Crippen molar-refractivity contribution in [2.75, 3.05) is 13.2 Å². The molecule has 5 heteroatoms. The molecule has 41 heavy (non-hydrogen) atoms. The Morgan fingerprint density at radius 1 is 0.707 bits per heavy atom. The minimum absolute atomic E-state index is 0.155. The maximum atomic E-state index is 14.6. The molecule has 0 radical (unpaired) electrons. The molecule has 2 atom stereocenters. The number of carbonyl (C=O) groups is 1. The van der Waals surface area contributed by atoms with Gasteiger partial charge in [-0.3, -0.25) is 0 Å². The molecule has 0 spiro atoms. The molecule has 0 saturated heterocycles. The molecule has 1 fully saturated rings. The second-order valence-electron chi connectivity index (χ2n) is 11.8. The Hall–Kier alpha value is -2.56. The summed E-state index contributed by atoms with van der Waals surface area (Å²) in [7, 11) is 0. The van der Waals surface area contributed by atoms with Crippen LogP contribution in [0.1, 0.15) is 133 Å². The van der Waals surface area contributed by atoms with Crippen LogP contribution in [0, 0.1) is 17.7 Å². The van der Waals surface area contributed by atoms with E-state index in [-0.39, 0.29) is 11.3 Å². The first-order valence-corrected chi connectivity index (χ1v) is 16.5. The molecule has 0 N–H and O–H groups in total. The molecule has 4 nitrogen and oxygen atoms in total. The van der Waals surface area contributed by atoms with Crippen molar-refractivity contribution in [3.8, 4) is 17.2 Å². The van der Waals surface area contributed by atoms with Gasteiger partial charge in [-0.15, -0.1) is 0 Å². The monoisotopic (exact) mass is 568 g/mol. The van der Waals surface area contributed by atoms with E-state index in [0.717, 1.165) is 36.8 Å². The highest BCUT2D eigenvalue weighted by Crippen LogP contribution is 2.36. The lowest BCUT2D eigenvalue weighted by molar-refractivity contribution is 0.0734. The van der Waals surface area contributed by atoms with Gasteiger partial charge in [-0.25, -0.2) is 9.18 Å². The third kappa shape index (κ3) is 12.5. The molecule has 0 bridgehead atoms. The summed E-state index contributed by atoms with van der Waals surface area (Å²) in [6.45, 7) is 5.70. The van der Waals surface area contributed by atoms with Gasteiger partial charge in [0.05, 0.1) is 18.8 Å². The SMILES string of the molecule is CCCCCCCCCCCOc1ccc(C(=O)Oc2ccc(OCCCC3CCCCC3CCC)cc2)cc1F. The first-order chi connectivity index (χ1) is 20.1. The molecule has 2 aromatic carbocycles. The van der Waals surface area contributed by atoms with Gasteiger partial charge in [0.15, 0.2) is 11.6 Å². The van der Waals surface area contributed by atoms with Crippen molar-refractivity contribution in [2.45, 2.75) is 123 Å². The zero-order valence-corrected chi connectivity index (χ0v) is 25.6. The maximum Gasteiger partial charge on any atom is 0.343 e. The van der Waals surface area contributed by atoms with Crippen molar-refractivity contribution >= 4 is 5.97 Å². The average Bonchev–Trinajstić information content (AvgIpc) is 2.98. The predicted molar refractivity (Wildman–Crippen MR) is 166 cm³/mol. The van der Waals surface area contributed by atoms with E-state index >= 15 is 0 Å². The molecule has 0 amide bonds. The van der Waals surface area contributed by atoms with Crippen LogP contribution in [-0.2, 0) is 0 Å². The van der Waals surface area contributed by atoms with Crippen molar-refractivity contribution in [3.63, 3.8) is 0 Å². The van der Waals surface area contributed by atoms with Gasteiger partial charge in [0.2, 0.25) is 0 Å². The highest BCUT2D eigenvalue weighted by atomic mass is 19.1. The summed E-state index contributed by atoms with van der Waals surface area (Å²) in [5.74, 6) is 1.93. The van der Waals surface area contributed by atoms with Gasteiger partial charge in [0, 0.05) is 0 Å². The Kier molecular flexibility index (Phi) is 15.7. The van der Waals surface area contributed by atoms with Crippen molar-refractivity contribution in [3.05, 3.63) is 53.8 Å². The maximum absolute atomic E-state index is 14.6. The molecule has 2 unspecified atom stereocenters. The van der Waals surface area contributed by atoms with Crippen molar-refractivity contribution < 1.29 is 23.4 Å². The molecule has 3 rings (SSSR count). The second-order valence-corrected chi connectivity index (χ2v) is 11.8. The fourth-order valence-corrected chi connectivity index (χ4v) is 6.06. The normalized spacial score (nSPS) is 16.9. The number of esters is 1. The summed E-state index contributed by atoms with van der Waals surface area (Å²) < 4.78 is 31.6. The highest BCUT2D eigenvalue weighted by Gasteiger charge is 2.23. The van der Waals surface area contributed by atoms with Crippen molar-refractivity contribution in [2.24, 2.45) is 11.8 Å². The molecular weight excluding hydrogens is 515 g/mol. The van der Waals surface area contributed by atoms with Crippen LogP contribution in [0.25, 0.3) is 0 Å². The van der Waals surface area contributed by atoms with E-state index in [1.807, 2.05) is 12.1 Å². The van der Waals surface area contributed by atoms with Gasteiger partial charge < -0.3 is 14.2 Å². The number of carbonyl (C=O) groups excluding carboxylic acids is 1. The fourth-order valence-electron chi connectivity index (χ4n) is 6.06. The fraction of sp³-hybridized carbons (Fsp3) is 0.639. The van der Waals surface area contributed by atoms with Crippen LogP contribution in [0.2, 0.25) is 0 Å². The minimum atomic E-state index is -0.600. The summed E-state index contributed by atoms with van der Waals surface area (Å²) >= 11 is 0. The van der Waals surface area contributed by atoms with Gasteiger partial charge in [-0.2, -0.15) is 0 Å². The third-order valence-corrected chi connectivity index (χ3v) is 8.42. The summed E-state index contributed by atoms with van der Waals surface area (Å²) in [5, 5.41) is 0. The number of rotatable bonds is 20. The molecule has 1 aliphatic carbocycles. The average molecular weight is 569 g/mol. The molecule has 0 aliphatic heterocycles. The van der Waals surface area contributed by atoms with Crippen LogP contribution >= 0.6 is 0 Å². The Bertz CT molecular complexity index is 988. The second kappa shape index (κ2) is 19.5. The van der Waals surface area contributed by atoms with Crippen molar-refractivity contribution in [1.82, 2.24) is 0 Å². The quantitative estimate of drug-likeness (QED) is 0.0905. The summed E-state index contributed by atoms with van der Waals surface area (Å²) in [6.07, 6.45) is 21.5. The third-order valence-electron chi connectivity index (χ3n) is 8.42. The number of benzene rings is 2. The molecule has 1 aliphatic rings. The Balaban J connectivity index is 1.32. The zero-order chi connectivity index (χ0) is 29.1. The van der Waals surface area contributed by atoms with E-state index in [9.17, 15) is 9.18 Å². The van der Waals surface area contributed by atoms with Gasteiger partial charge >= 0.3 is 5.97 Å². The van der Waals surface area contributed by atoms with Crippen LogP contribution in [-0.4, -0.2) is 19.2 Å². The lowest BCUT2D eigenvalue weighted by Gasteiger charge is -2.31. The Labute approximate surface area is 248 Å². The number of hydrogen-bond donors (Lipinski definition) is 0. The lowest BCUT2D eigenvalue weighted by Crippen LogP contribution is -2.20. The zero-order valence-electron chi connectivity index (χ0n) is 25.6. The first-order valence-electron chi connectivity index (χ1n) is 16.5. The van der Waals surface area contributed by atoms with E-state index in [1.54, 1.807) is 18.2 Å². The number of hydrogen-bond acceptors (Lipinski definition) is 4. The van der Waals surface area contributed by atoms with Gasteiger partial charge in [-0.05, 0) is 73.6 Å². The number of unbranched alkanes of at least 4 members (excludes halogenated alkanes) is 8.